The van der Waals surface area contributed by atoms with Gasteiger partial charge in [-0.3, -0.25) is 4.79 Å². The lowest BCUT2D eigenvalue weighted by Gasteiger charge is -2.36. The van der Waals surface area contributed by atoms with Crippen LogP contribution in [0.15, 0.2) is 60.8 Å². The number of benzene rings is 2. The molecule has 1 aliphatic rings. The third kappa shape index (κ3) is 3.46. The van der Waals surface area contributed by atoms with Gasteiger partial charge in [-0.25, -0.2) is 0 Å². The second kappa shape index (κ2) is 7.77. The summed E-state index contributed by atoms with van der Waals surface area (Å²) < 4.78 is 49.4. The lowest BCUT2D eigenvalue weighted by molar-refractivity contribution is -0.262. The zero-order valence-electron chi connectivity index (χ0n) is 16.1. The molecule has 1 atom stereocenters. The highest BCUT2D eigenvalue weighted by atomic mass is 19.4. The van der Waals surface area contributed by atoms with Gasteiger partial charge in [-0.1, -0.05) is 48.5 Å². The number of ether oxygens (including phenoxy) is 1. The van der Waals surface area contributed by atoms with Crippen LogP contribution >= 0.6 is 0 Å². The summed E-state index contributed by atoms with van der Waals surface area (Å²) in [6.45, 7) is 0.575. The van der Waals surface area contributed by atoms with Crippen molar-refractivity contribution in [3.05, 3.63) is 71.9 Å². The molecule has 5 nitrogen and oxygen atoms in total. The summed E-state index contributed by atoms with van der Waals surface area (Å²) in [7, 11) is 0. The summed E-state index contributed by atoms with van der Waals surface area (Å²) in [5.74, 6) is -1.37. The molecule has 4 rings (SSSR count). The molecule has 1 unspecified atom stereocenters. The number of hydrogen-bond donors (Lipinski definition) is 1. The topological polar surface area (TPSA) is 54.7 Å². The van der Waals surface area contributed by atoms with Crippen molar-refractivity contribution in [2.75, 3.05) is 26.3 Å². The highest BCUT2D eigenvalue weighted by Crippen LogP contribution is 2.44. The minimum absolute atomic E-state index is 0.000119. The Morgan fingerprint density at radius 1 is 1.00 bits per heavy atom. The molecule has 1 N–H and O–H groups in total. The lowest BCUT2D eigenvalue weighted by atomic mass is 9.90. The third-order valence-electron chi connectivity index (χ3n) is 5.39. The van der Waals surface area contributed by atoms with Crippen LogP contribution in [-0.4, -0.2) is 53.0 Å². The molecule has 0 radical (unpaired) electrons. The molecule has 0 aliphatic carbocycles. The number of morpholine rings is 1. The van der Waals surface area contributed by atoms with Gasteiger partial charge in [-0.2, -0.15) is 13.2 Å². The summed E-state index contributed by atoms with van der Waals surface area (Å²) in [5.41, 5.74) is -2.71. The number of nitrogens with zero attached hydrogens (tertiary/aromatic N) is 2. The second-order valence-corrected chi connectivity index (χ2v) is 7.29. The summed E-state index contributed by atoms with van der Waals surface area (Å²) in [6.07, 6.45) is -3.95. The van der Waals surface area contributed by atoms with Gasteiger partial charge in [0, 0.05) is 42.3 Å². The van der Waals surface area contributed by atoms with Gasteiger partial charge in [0.2, 0.25) is 0 Å². The van der Waals surface area contributed by atoms with Crippen LogP contribution in [0.25, 0.3) is 10.9 Å². The number of amides is 1. The van der Waals surface area contributed by atoms with Crippen LogP contribution in [0.1, 0.15) is 11.1 Å². The Labute approximate surface area is 171 Å². The van der Waals surface area contributed by atoms with Gasteiger partial charge in [-0.15, -0.1) is 0 Å². The van der Waals surface area contributed by atoms with E-state index < -0.39 is 23.2 Å². The number of carbonyl (C=O) groups is 1. The van der Waals surface area contributed by atoms with E-state index in [9.17, 15) is 23.1 Å². The Balaban J connectivity index is 1.85. The maximum atomic E-state index is 14.2. The van der Waals surface area contributed by atoms with Crippen molar-refractivity contribution < 1.29 is 27.8 Å². The molecular weight excluding hydrogens is 397 g/mol. The van der Waals surface area contributed by atoms with Gasteiger partial charge < -0.3 is 19.3 Å². The van der Waals surface area contributed by atoms with E-state index in [1.165, 1.54) is 12.3 Å². The maximum absolute atomic E-state index is 14.2. The van der Waals surface area contributed by atoms with Gasteiger partial charge >= 0.3 is 6.18 Å². The summed E-state index contributed by atoms with van der Waals surface area (Å²) in [4.78, 5) is 14.0. The number of rotatable bonds is 4. The standard InChI is InChI=1S/C22H21F3N2O3/c23-22(24,25)21(29,20(28)26-10-12-30-13-11-26)18-15-27(14-16-6-2-1-3-7-16)19-9-5-4-8-17(18)19/h1-9,15,29H,10-14H2. The molecule has 2 aromatic carbocycles. The largest absolute Gasteiger partial charge is 0.430 e. The van der Waals surface area contributed by atoms with E-state index in [1.54, 1.807) is 22.8 Å². The van der Waals surface area contributed by atoms with E-state index in [2.05, 4.69) is 0 Å². The van der Waals surface area contributed by atoms with Gasteiger partial charge in [-0.05, 0) is 11.6 Å². The van der Waals surface area contributed by atoms with E-state index in [0.717, 1.165) is 10.5 Å². The molecular formula is C22H21F3N2O3. The number of alkyl halides is 3. The lowest BCUT2D eigenvalue weighted by Crippen LogP contribution is -2.57. The van der Waals surface area contributed by atoms with Crippen molar-refractivity contribution in [1.82, 2.24) is 9.47 Å². The molecule has 0 spiro atoms. The molecule has 1 saturated heterocycles. The zero-order chi connectivity index (χ0) is 21.4. The predicted octanol–water partition coefficient (Wildman–Crippen LogP) is 3.30. The van der Waals surface area contributed by atoms with Crippen molar-refractivity contribution >= 4 is 16.8 Å². The first kappa shape index (κ1) is 20.4. The number of hydrogen-bond acceptors (Lipinski definition) is 3. The molecule has 0 saturated carbocycles. The molecule has 3 aromatic rings. The highest BCUT2D eigenvalue weighted by molar-refractivity contribution is 5.95. The molecule has 1 amide bonds. The van der Waals surface area contributed by atoms with Gasteiger partial charge in [0.25, 0.3) is 11.5 Å². The number of carbonyl (C=O) groups excluding carboxylic acids is 1. The fraction of sp³-hybridized carbons (Fsp3) is 0.318. The SMILES string of the molecule is O=C(N1CCOCC1)C(O)(c1cn(Cc2ccccc2)c2ccccc12)C(F)(F)F. The number of aliphatic hydroxyl groups is 1. The Bertz CT molecular complexity index is 1040. The third-order valence-corrected chi connectivity index (χ3v) is 5.39. The molecule has 8 heteroatoms. The summed E-state index contributed by atoms with van der Waals surface area (Å²) >= 11 is 0. The number of aromatic nitrogens is 1. The monoisotopic (exact) mass is 418 g/mol. The maximum Gasteiger partial charge on any atom is 0.430 e. The Hall–Kier alpha value is -2.84. The average molecular weight is 418 g/mol. The summed E-state index contributed by atoms with van der Waals surface area (Å²) in [6, 6.07) is 15.7. The predicted molar refractivity (Wildman–Crippen MR) is 105 cm³/mol. The Morgan fingerprint density at radius 2 is 1.63 bits per heavy atom. The second-order valence-electron chi connectivity index (χ2n) is 7.29. The van der Waals surface area contributed by atoms with E-state index in [0.29, 0.717) is 12.1 Å². The number of fused-ring (bicyclic) bond motifs is 1. The van der Waals surface area contributed by atoms with Crippen molar-refractivity contribution in [1.29, 1.82) is 0 Å². The van der Waals surface area contributed by atoms with Gasteiger partial charge in [0.05, 0.1) is 13.2 Å². The van der Waals surface area contributed by atoms with Crippen molar-refractivity contribution in [2.24, 2.45) is 0 Å². The molecule has 1 aliphatic heterocycles. The quantitative estimate of drug-likeness (QED) is 0.708. The van der Waals surface area contributed by atoms with E-state index >= 15 is 0 Å². The van der Waals surface area contributed by atoms with E-state index in [-0.39, 0.29) is 31.7 Å². The number of halogens is 3. The van der Waals surface area contributed by atoms with E-state index in [1.807, 2.05) is 30.3 Å². The molecule has 1 aromatic heterocycles. The fourth-order valence-corrected chi connectivity index (χ4v) is 3.83. The highest BCUT2D eigenvalue weighted by Gasteiger charge is 2.63. The first-order valence-corrected chi connectivity index (χ1v) is 9.61. The van der Waals surface area contributed by atoms with Gasteiger partial charge in [0.15, 0.2) is 0 Å². The smallest absolute Gasteiger partial charge is 0.378 e. The van der Waals surface area contributed by atoms with Crippen LogP contribution in [0.2, 0.25) is 0 Å². The van der Waals surface area contributed by atoms with Crippen LogP contribution in [0.3, 0.4) is 0 Å². The first-order chi connectivity index (χ1) is 14.3. The van der Waals surface area contributed by atoms with Gasteiger partial charge in [0.1, 0.15) is 0 Å². The van der Waals surface area contributed by atoms with Crippen molar-refractivity contribution in [3.8, 4) is 0 Å². The van der Waals surface area contributed by atoms with Crippen LogP contribution in [0.5, 0.6) is 0 Å². The zero-order valence-corrected chi connectivity index (χ0v) is 16.1. The molecule has 30 heavy (non-hydrogen) atoms. The molecule has 1 fully saturated rings. The fourth-order valence-electron chi connectivity index (χ4n) is 3.83. The van der Waals surface area contributed by atoms with Crippen LogP contribution in [0.4, 0.5) is 13.2 Å². The first-order valence-electron chi connectivity index (χ1n) is 9.61. The van der Waals surface area contributed by atoms with Crippen molar-refractivity contribution in [3.63, 3.8) is 0 Å². The summed E-state index contributed by atoms with van der Waals surface area (Å²) in [5, 5.41) is 11.1. The molecule has 158 valence electrons. The van der Waals surface area contributed by atoms with E-state index in [4.69, 9.17) is 4.74 Å². The minimum Gasteiger partial charge on any atom is -0.378 e. The average Bonchev–Trinajstić information content (AvgIpc) is 3.12. The number of para-hydroxylation sites is 1. The minimum atomic E-state index is -5.19. The Morgan fingerprint density at radius 3 is 2.30 bits per heavy atom. The van der Waals surface area contributed by atoms with Crippen molar-refractivity contribution in [2.45, 2.75) is 18.3 Å². The Kier molecular flexibility index (Phi) is 5.29. The molecule has 2 heterocycles. The van der Waals surface area contributed by atoms with Crippen LogP contribution in [-0.2, 0) is 21.7 Å². The molecule has 0 bridgehead atoms. The normalized spacial score (nSPS) is 17.1. The van der Waals surface area contributed by atoms with Crippen LogP contribution in [0, 0.1) is 0 Å². The van der Waals surface area contributed by atoms with Crippen LogP contribution < -0.4 is 0 Å².